The second-order valence-corrected chi connectivity index (χ2v) is 4.37. The Kier molecular flexibility index (Phi) is 6.58. The molecular weight excluding hydrogens is 287 g/mol. The minimum Gasteiger partial charge on any atom is -0.343 e. The van der Waals surface area contributed by atoms with Crippen LogP contribution in [0, 0.1) is 0 Å². The van der Waals surface area contributed by atoms with Gasteiger partial charge in [0.15, 0.2) is 0 Å². The van der Waals surface area contributed by atoms with Gasteiger partial charge in [-0.25, -0.2) is 0 Å². The number of piperidine rings is 1. The van der Waals surface area contributed by atoms with E-state index in [0.29, 0.717) is 12.8 Å². The van der Waals surface area contributed by atoms with Crippen molar-refractivity contribution in [1.29, 1.82) is 0 Å². The van der Waals surface area contributed by atoms with Gasteiger partial charge in [-0.05, 0) is 19.8 Å². The van der Waals surface area contributed by atoms with Crippen molar-refractivity contribution in [2.45, 2.75) is 38.0 Å². The molecule has 1 rings (SSSR count). The normalized spacial score (nSPS) is 21.6. The molecule has 0 spiro atoms. The first-order chi connectivity index (χ1) is 8.20. The van der Waals surface area contributed by atoms with Gasteiger partial charge in [-0.1, -0.05) is 0 Å². The van der Waals surface area contributed by atoms with Crippen molar-refractivity contribution in [2.75, 3.05) is 13.1 Å². The number of nitrogens with one attached hydrogen (secondary N) is 1. The van der Waals surface area contributed by atoms with Crippen LogP contribution in [0.5, 0.6) is 0 Å². The van der Waals surface area contributed by atoms with Gasteiger partial charge < -0.3 is 16.0 Å². The van der Waals surface area contributed by atoms with Crippen LogP contribution >= 0.6 is 12.4 Å². The molecule has 0 bridgehead atoms. The summed E-state index contributed by atoms with van der Waals surface area (Å²) in [5.74, 6) is -1.24. The maximum absolute atomic E-state index is 12.2. The highest BCUT2D eigenvalue weighted by atomic mass is 35.5. The lowest BCUT2D eigenvalue weighted by Crippen LogP contribution is -2.56. The van der Waals surface area contributed by atoms with Crippen molar-refractivity contribution in [3.63, 3.8) is 0 Å². The minimum atomic E-state index is -4.43. The number of rotatable bonds is 3. The second-order valence-electron chi connectivity index (χ2n) is 4.37. The van der Waals surface area contributed by atoms with Crippen molar-refractivity contribution in [1.82, 2.24) is 10.2 Å². The van der Waals surface area contributed by atoms with E-state index in [-0.39, 0.29) is 19.0 Å². The molecule has 1 saturated heterocycles. The van der Waals surface area contributed by atoms with Crippen molar-refractivity contribution in [3.8, 4) is 0 Å². The molecule has 2 amide bonds. The van der Waals surface area contributed by atoms with Crippen molar-refractivity contribution in [2.24, 2.45) is 5.73 Å². The molecule has 0 saturated carbocycles. The monoisotopic (exact) mass is 303 g/mol. The Morgan fingerprint density at radius 1 is 1.58 bits per heavy atom. The highest BCUT2D eigenvalue weighted by Gasteiger charge is 2.37. The minimum absolute atomic E-state index is 0. The van der Waals surface area contributed by atoms with Crippen LogP contribution in [-0.4, -0.2) is 48.1 Å². The summed E-state index contributed by atoms with van der Waals surface area (Å²) in [5.41, 5.74) is 5.32. The number of carbonyl (C=O) groups is 2. The number of carbonyl (C=O) groups excluding carboxylic acids is 2. The quantitative estimate of drug-likeness (QED) is 0.794. The SMILES string of the molecule is C[C@@H](N)C(=O)NC1CCCN(CC(F)(F)F)C1=O.Cl. The van der Waals surface area contributed by atoms with Gasteiger partial charge in [-0.2, -0.15) is 13.2 Å². The zero-order valence-electron chi connectivity index (χ0n) is 10.4. The van der Waals surface area contributed by atoms with E-state index in [0.717, 1.165) is 4.90 Å². The third-order valence-electron chi connectivity index (χ3n) is 2.63. The molecule has 19 heavy (non-hydrogen) atoms. The molecule has 0 aliphatic carbocycles. The lowest BCUT2D eigenvalue weighted by Gasteiger charge is -2.33. The molecule has 2 atom stereocenters. The first kappa shape index (κ1) is 18.0. The van der Waals surface area contributed by atoms with Crippen LogP contribution in [0.15, 0.2) is 0 Å². The number of halogens is 4. The Labute approximate surface area is 115 Å². The van der Waals surface area contributed by atoms with Gasteiger partial charge in [0.05, 0.1) is 6.04 Å². The summed E-state index contributed by atoms with van der Waals surface area (Å²) < 4.78 is 36.7. The molecule has 1 heterocycles. The molecule has 5 nitrogen and oxygen atoms in total. The Balaban J connectivity index is 0.00000324. The summed E-state index contributed by atoms with van der Waals surface area (Å²) in [6, 6.07) is -1.70. The molecule has 0 radical (unpaired) electrons. The van der Waals surface area contributed by atoms with E-state index < -0.39 is 36.6 Å². The molecule has 0 aromatic heterocycles. The Bertz CT molecular complexity index is 336. The maximum Gasteiger partial charge on any atom is 0.406 e. The predicted molar refractivity (Wildman–Crippen MR) is 64.7 cm³/mol. The van der Waals surface area contributed by atoms with Gasteiger partial charge in [0.25, 0.3) is 0 Å². The lowest BCUT2D eigenvalue weighted by molar-refractivity contribution is -0.165. The molecule has 112 valence electrons. The van der Waals surface area contributed by atoms with Gasteiger partial charge in [-0.3, -0.25) is 9.59 Å². The average molecular weight is 304 g/mol. The highest BCUT2D eigenvalue weighted by molar-refractivity contribution is 5.89. The summed E-state index contributed by atoms with van der Waals surface area (Å²) in [5, 5.41) is 2.36. The number of hydrogen-bond acceptors (Lipinski definition) is 3. The third kappa shape index (κ3) is 5.65. The van der Waals surface area contributed by atoms with E-state index in [9.17, 15) is 22.8 Å². The van der Waals surface area contributed by atoms with E-state index in [1.54, 1.807) is 0 Å². The van der Waals surface area contributed by atoms with Crippen LogP contribution in [0.25, 0.3) is 0 Å². The van der Waals surface area contributed by atoms with Gasteiger partial charge in [0.1, 0.15) is 12.6 Å². The van der Waals surface area contributed by atoms with E-state index in [2.05, 4.69) is 5.32 Å². The molecule has 1 aliphatic rings. The Morgan fingerprint density at radius 2 is 2.16 bits per heavy atom. The molecule has 9 heteroatoms. The lowest BCUT2D eigenvalue weighted by atomic mass is 10.0. The summed E-state index contributed by atoms with van der Waals surface area (Å²) in [6.07, 6.45) is -3.67. The largest absolute Gasteiger partial charge is 0.406 e. The van der Waals surface area contributed by atoms with Crippen molar-refractivity contribution >= 4 is 24.2 Å². The fourth-order valence-electron chi connectivity index (χ4n) is 1.75. The zero-order chi connectivity index (χ0) is 13.9. The molecule has 1 fully saturated rings. The van der Waals surface area contributed by atoms with Gasteiger partial charge in [-0.15, -0.1) is 12.4 Å². The number of likely N-dealkylation sites (tertiary alicyclic amines) is 1. The van der Waals surface area contributed by atoms with Gasteiger partial charge in [0, 0.05) is 6.54 Å². The standard InChI is InChI=1S/C10H16F3N3O2.ClH/c1-6(14)8(17)15-7-3-2-4-16(9(7)18)5-10(11,12)13;/h6-7H,2-5,14H2,1H3,(H,15,17);1H/t6-,7?;/m1./s1. The Morgan fingerprint density at radius 3 is 2.63 bits per heavy atom. The van der Waals surface area contributed by atoms with E-state index in [1.807, 2.05) is 0 Å². The number of nitrogens with zero attached hydrogens (tertiary/aromatic N) is 1. The number of alkyl halides is 3. The summed E-state index contributed by atoms with van der Waals surface area (Å²) >= 11 is 0. The van der Waals surface area contributed by atoms with Crippen LogP contribution < -0.4 is 11.1 Å². The zero-order valence-corrected chi connectivity index (χ0v) is 11.2. The number of amides is 2. The average Bonchev–Trinajstić information content (AvgIpc) is 2.21. The van der Waals surface area contributed by atoms with Gasteiger partial charge >= 0.3 is 6.18 Å². The fraction of sp³-hybridized carbons (Fsp3) is 0.800. The fourth-order valence-corrected chi connectivity index (χ4v) is 1.75. The van der Waals surface area contributed by atoms with E-state index in [4.69, 9.17) is 5.73 Å². The second kappa shape index (κ2) is 6.95. The molecule has 3 N–H and O–H groups in total. The smallest absolute Gasteiger partial charge is 0.343 e. The number of hydrogen-bond donors (Lipinski definition) is 2. The first-order valence-electron chi connectivity index (χ1n) is 5.62. The van der Waals surface area contributed by atoms with E-state index in [1.165, 1.54) is 6.92 Å². The Hall–Kier alpha value is -1.02. The molecule has 1 aliphatic heterocycles. The van der Waals surface area contributed by atoms with Crippen LogP contribution in [0.3, 0.4) is 0 Å². The molecule has 1 unspecified atom stereocenters. The van der Waals surface area contributed by atoms with Gasteiger partial charge in [0.2, 0.25) is 11.8 Å². The van der Waals surface area contributed by atoms with Crippen LogP contribution in [0.4, 0.5) is 13.2 Å². The van der Waals surface area contributed by atoms with Crippen molar-refractivity contribution < 1.29 is 22.8 Å². The summed E-state index contributed by atoms with van der Waals surface area (Å²) in [4.78, 5) is 23.8. The molecular formula is C10H17ClF3N3O2. The maximum atomic E-state index is 12.2. The van der Waals surface area contributed by atoms with Crippen LogP contribution in [0.1, 0.15) is 19.8 Å². The molecule has 0 aromatic carbocycles. The third-order valence-corrected chi connectivity index (χ3v) is 2.63. The summed E-state index contributed by atoms with van der Waals surface area (Å²) in [7, 11) is 0. The predicted octanol–water partition coefficient (Wildman–Crippen LogP) is 0.425. The topological polar surface area (TPSA) is 75.4 Å². The van der Waals surface area contributed by atoms with Crippen LogP contribution in [-0.2, 0) is 9.59 Å². The van der Waals surface area contributed by atoms with Crippen LogP contribution in [0.2, 0.25) is 0 Å². The first-order valence-corrected chi connectivity index (χ1v) is 5.62. The summed E-state index contributed by atoms with van der Waals surface area (Å²) in [6.45, 7) is 0.218. The molecule has 0 aromatic rings. The van der Waals surface area contributed by atoms with E-state index >= 15 is 0 Å². The highest BCUT2D eigenvalue weighted by Crippen LogP contribution is 2.20. The van der Waals surface area contributed by atoms with Crippen molar-refractivity contribution in [3.05, 3.63) is 0 Å². The number of nitrogens with two attached hydrogens (primary N) is 1.